The lowest BCUT2D eigenvalue weighted by Gasteiger charge is -2.17. The summed E-state index contributed by atoms with van der Waals surface area (Å²) in [6.07, 6.45) is 0.735. The summed E-state index contributed by atoms with van der Waals surface area (Å²) in [6.45, 7) is 3.81. The molecule has 3 N–H and O–H groups in total. The standard InChI is InChI=1S/C16H19FN2/c1-11-3-6-13(7-4-11)9-16(19-18)14-8-5-12(2)15(17)10-14/h3-8,10,16,19H,9,18H2,1-2H3. The molecule has 0 bridgehead atoms. The number of hydrogen-bond acceptors (Lipinski definition) is 2. The number of hydrazine groups is 1. The van der Waals surface area contributed by atoms with Crippen molar-refractivity contribution in [3.05, 3.63) is 70.5 Å². The molecule has 0 aliphatic rings. The van der Waals surface area contributed by atoms with Crippen LogP contribution in [0.5, 0.6) is 0 Å². The van der Waals surface area contributed by atoms with Gasteiger partial charge in [0, 0.05) is 0 Å². The van der Waals surface area contributed by atoms with Crippen LogP contribution in [0.4, 0.5) is 4.39 Å². The second-order valence-corrected chi connectivity index (χ2v) is 4.92. The van der Waals surface area contributed by atoms with Crippen LogP contribution in [0.25, 0.3) is 0 Å². The summed E-state index contributed by atoms with van der Waals surface area (Å²) in [5, 5.41) is 0. The highest BCUT2D eigenvalue weighted by Gasteiger charge is 2.12. The fraction of sp³-hybridized carbons (Fsp3) is 0.250. The molecule has 1 unspecified atom stereocenters. The normalized spacial score (nSPS) is 12.4. The second-order valence-electron chi connectivity index (χ2n) is 4.92. The molecular formula is C16H19FN2. The number of aryl methyl sites for hydroxylation is 2. The Bertz CT molecular complexity index is 549. The monoisotopic (exact) mass is 258 g/mol. The first kappa shape index (κ1) is 13.7. The zero-order valence-corrected chi connectivity index (χ0v) is 11.3. The van der Waals surface area contributed by atoms with E-state index in [9.17, 15) is 4.39 Å². The number of nitrogens with two attached hydrogens (primary N) is 1. The highest BCUT2D eigenvalue weighted by atomic mass is 19.1. The van der Waals surface area contributed by atoms with Crippen molar-refractivity contribution in [2.75, 3.05) is 0 Å². The molecule has 0 aliphatic carbocycles. The van der Waals surface area contributed by atoms with E-state index < -0.39 is 0 Å². The van der Waals surface area contributed by atoms with E-state index in [-0.39, 0.29) is 11.9 Å². The molecule has 2 nitrogen and oxygen atoms in total. The summed E-state index contributed by atoms with van der Waals surface area (Å²) < 4.78 is 13.6. The molecule has 2 rings (SSSR count). The molecule has 3 heteroatoms. The van der Waals surface area contributed by atoms with Crippen LogP contribution < -0.4 is 11.3 Å². The van der Waals surface area contributed by atoms with Crippen LogP contribution in [0.1, 0.15) is 28.3 Å². The van der Waals surface area contributed by atoms with Gasteiger partial charge in [-0.05, 0) is 43.0 Å². The third-order valence-corrected chi connectivity index (χ3v) is 3.36. The summed E-state index contributed by atoms with van der Waals surface area (Å²) in [5.74, 6) is 5.41. The van der Waals surface area contributed by atoms with Crippen LogP contribution in [0.2, 0.25) is 0 Å². The number of rotatable bonds is 4. The van der Waals surface area contributed by atoms with E-state index in [2.05, 4.69) is 36.6 Å². The molecule has 0 radical (unpaired) electrons. The maximum Gasteiger partial charge on any atom is 0.126 e. The Hall–Kier alpha value is -1.71. The Balaban J connectivity index is 2.19. The Morgan fingerprint density at radius 1 is 1.11 bits per heavy atom. The summed E-state index contributed by atoms with van der Waals surface area (Å²) >= 11 is 0. The molecule has 0 fully saturated rings. The van der Waals surface area contributed by atoms with Crippen LogP contribution in [-0.2, 0) is 6.42 Å². The lowest BCUT2D eigenvalue weighted by molar-refractivity contribution is 0.543. The highest BCUT2D eigenvalue weighted by molar-refractivity contribution is 5.28. The Morgan fingerprint density at radius 2 is 1.79 bits per heavy atom. The van der Waals surface area contributed by atoms with Gasteiger partial charge in [0.15, 0.2) is 0 Å². The molecule has 1 atom stereocenters. The van der Waals surface area contributed by atoms with E-state index in [1.54, 1.807) is 19.1 Å². The number of hydrogen-bond donors (Lipinski definition) is 2. The van der Waals surface area contributed by atoms with E-state index in [0.29, 0.717) is 5.56 Å². The van der Waals surface area contributed by atoms with E-state index in [1.165, 1.54) is 11.1 Å². The van der Waals surface area contributed by atoms with Gasteiger partial charge in [-0.2, -0.15) is 0 Å². The van der Waals surface area contributed by atoms with E-state index in [1.807, 2.05) is 6.07 Å². The molecule has 0 saturated heterocycles. The average Bonchev–Trinajstić information content (AvgIpc) is 2.41. The minimum Gasteiger partial charge on any atom is -0.271 e. The minimum absolute atomic E-state index is 0.0854. The fourth-order valence-electron chi connectivity index (χ4n) is 2.06. The largest absolute Gasteiger partial charge is 0.271 e. The van der Waals surface area contributed by atoms with Gasteiger partial charge in [0.25, 0.3) is 0 Å². The molecule has 2 aromatic carbocycles. The van der Waals surface area contributed by atoms with Crippen molar-refractivity contribution < 1.29 is 4.39 Å². The molecule has 0 aliphatic heterocycles. The lowest BCUT2D eigenvalue weighted by Crippen LogP contribution is -2.29. The average molecular weight is 258 g/mol. The van der Waals surface area contributed by atoms with Gasteiger partial charge >= 0.3 is 0 Å². The topological polar surface area (TPSA) is 38.0 Å². The van der Waals surface area contributed by atoms with Crippen molar-refractivity contribution in [2.24, 2.45) is 5.84 Å². The Morgan fingerprint density at radius 3 is 2.37 bits per heavy atom. The number of nitrogens with one attached hydrogen (secondary N) is 1. The zero-order valence-electron chi connectivity index (χ0n) is 11.3. The van der Waals surface area contributed by atoms with Crippen molar-refractivity contribution in [1.29, 1.82) is 0 Å². The molecule has 100 valence electrons. The molecule has 19 heavy (non-hydrogen) atoms. The van der Waals surface area contributed by atoms with Crippen LogP contribution in [0.3, 0.4) is 0 Å². The van der Waals surface area contributed by atoms with Crippen LogP contribution in [0.15, 0.2) is 42.5 Å². The maximum absolute atomic E-state index is 13.6. The first-order chi connectivity index (χ1) is 9.10. The van der Waals surface area contributed by atoms with Gasteiger partial charge in [-0.1, -0.05) is 42.0 Å². The van der Waals surface area contributed by atoms with E-state index in [4.69, 9.17) is 5.84 Å². The third-order valence-electron chi connectivity index (χ3n) is 3.36. The van der Waals surface area contributed by atoms with Gasteiger partial charge in [-0.15, -0.1) is 0 Å². The summed E-state index contributed by atoms with van der Waals surface area (Å²) in [7, 11) is 0. The van der Waals surface area contributed by atoms with Gasteiger partial charge in [0.05, 0.1) is 6.04 Å². The molecule has 0 saturated carbocycles. The zero-order chi connectivity index (χ0) is 13.8. The lowest BCUT2D eigenvalue weighted by atomic mass is 9.98. The van der Waals surface area contributed by atoms with Gasteiger partial charge in [-0.25, -0.2) is 4.39 Å². The van der Waals surface area contributed by atoms with Crippen molar-refractivity contribution >= 4 is 0 Å². The molecular weight excluding hydrogens is 239 g/mol. The predicted octanol–water partition coefficient (Wildman–Crippen LogP) is 3.19. The molecule has 2 aromatic rings. The van der Waals surface area contributed by atoms with Gasteiger partial charge in [-0.3, -0.25) is 11.3 Å². The molecule has 0 amide bonds. The first-order valence-corrected chi connectivity index (χ1v) is 6.38. The van der Waals surface area contributed by atoms with E-state index in [0.717, 1.165) is 12.0 Å². The highest BCUT2D eigenvalue weighted by Crippen LogP contribution is 2.20. The summed E-state index contributed by atoms with van der Waals surface area (Å²) in [4.78, 5) is 0. The van der Waals surface area contributed by atoms with Crippen molar-refractivity contribution in [3.63, 3.8) is 0 Å². The fourth-order valence-corrected chi connectivity index (χ4v) is 2.06. The summed E-state index contributed by atoms with van der Waals surface area (Å²) in [6, 6.07) is 13.4. The molecule has 0 heterocycles. The Labute approximate surface area is 113 Å². The predicted molar refractivity (Wildman–Crippen MR) is 76.1 cm³/mol. The second kappa shape index (κ2) is 5.95. The first-order valence-electron chi connectivity index (χ1n) is 6.38. The summed E-state index contributed by atoms with van der Waals surface area (Å²) in [5.41, 5.74) is 6.68. The smallest absolute Gasteiger partial charge is 0.126 e. The SMILES string of the molecule is Cc1ccc(CC(NN)c2ccc(C)c(F)c2)cc1. The minimum atomic E-state index is -0.193. The van der Waals surface area contributed by atoms with Crippen LogP contribution in [0, 0.1) is 19.7 Å². The maximum atomic E-state index is 13.6. The van der Waals surface area contributed by atoms with Crippen molar-refractivity contribution in [3.8, 4) is 0 Å². The van der Waals surface area contributed by atoms with Gasteiger partial charge < -0.3 is 0 Å². The molecule has 0 spiro atoms. The van der Waals surface area contributed by atoms with Crippen LogP contribution in [-0.4, -0.2) is 0 Å². The third kappa shape index (κ3) is 3.40. The van der Waals surface area contributed by atoms with Crippen molar-refractivity contribution in [1.82, 2.24) is 5.43 Å². The van der Waals surface area contributed by atoms with Gasteiger partial charge in [0.2, 0.25) is 0 Å². The van der Waals surface area contributed by atoms with Crippen molar-refractivity contribution in [2.45, 2.75) is 26.3 Å². The quantitative estimate of drug-likeness (QED) is 0.653. The number of halogens is 1. The van der Waals surface area contributed by atoms with Gasteiger partial charge in [0.1, 0.15) is 5.82 Å². The molecule has 0 aromatic heterocycles. The van der Waals surface area contributed by atoms with E-state index >= 15 is 0 Å². The Kier molecular flexibility index (Phi) is 4.30. The number of benzene rings is 2. The van der Waals surface area contributed by atoms with Crippen LogP contribution >= 0.6 is 0 Å².